The highest BCUT2D eigenvalue weighted by atomic mass is 27.1. The molecule has 0 aliphatic heterocycles. The molecule has 1 aromatic carbocycles. The Morgan fingerprint density at radius 3 is 2.42 bits per heavy atom. The number of nitriles is 1. The van der Waals surface area contributed by atoms with E-state index in [-0.39, 0.29) is 5.91 Å². The molecule has 3 nitrogen and oxygen atoms in total. The number of rotatable bonds is 1. The summed E-state index contributed by atoms with van der Waals surface area (Å²) in [6.07, 6.45) is 0. The van der Waals surface area contributed by atoms with E-state index < -0.39 is 0 Å². The van der Waals surface area contributed by atoms with Crippen LogP contribution in [0.1, 0.15) is 15.9 Å². The van der Waals surface area contributed by atoms with Gasteiger partial charge in [0.2, 0.25) is 5.91 Å². The minimum Gasteiger partial charge on any atom is -0.449 e. The third kappa shape index (κ3) is 1.86. The summed E-state index contributed by atoms with van der Waals surface area (Å²) in [5, 5.41) is 8.48. The SMILES string of the molecule is N#Cc1ccc(C(=O)[NH][AlH2])cc1. The van der Waals surface area contributed by atoms with Gasteiger partial charge in [-0.15, -0.1) is 0 Å². The fourth-order valence-corrected chi connectivity index (χ4v) is 1.13. The Hall–Kier alpha value is -1.29. The normalized spacial score (nSPS) is 8.58. The van der Waals surface area contributed by atoms with Crippen molar-refractivity contribution < 1.29 is 4.79 Å². The van der Waals surface area contributed by atoms with Crippen molar-refractivity contribution in [3.05, 3.63) is 35.4 Å². The number of nitrogens with one attached hydrogen (secondary N) is 1. The van der Waals surface area contributed by atoms with Gasteiger partial charge in [-0.1, -0.05) is 0 Å². The second-order valence-electron chi connectivity index (χ2n) is 2.27. The maximum atomic E-state index is 11.1. The predicted molar refractivity (Wildman–Crippen MR) is 47.2 cm³/mol. The van der Waals surface area contributed by atoms with Crippen molar-refractivity contribution in [2.24, 2.45) is 0 Å². The summed E-state index contributed by atoms with van der Waals surface area (Å²) in [6, 6.07) is 8.54. The first-order chi connectivity index (χ1) is 5.77. The molecule has 1 N–H and O–H groups in total. The van der Waals surface area contributed by atoms with Crippen molar-refractivity contribution in [3.8, 4) is 6.07 Å². The molecule has 0 saturated carbocycles. The van der Waals surface area contributed by atoms with Gasteiger partial charge in [-0.05, 0) is 24.3 Å². The van der Waals surface area contributed by atoms with E-state index in [1.54, 1.807) is 24.3 Å². The standard InChI is InChI=1S/C8H6N2O.Al.2H/c9-5-6-1-3-7(4-2-6)8(10)11;;;/h1-4H,(H2,10,11);;;/q;+1;;/p-1. The topological polar surface area (TPSA) is 52.9 Å². The Balaban J connectivity index is 2.94. The van der Waals surface area contributed by atoms with Gasteiger partial charge in [-0.2, -0.15) is 5.26 Å². The fraction of sp³-hybridized carbons (Fsp3) is 0. The lowest BCUT2D eigenvalue weighted by Crippen LogP contribution is -2.19. The Bertz CT molecular complexity index is 326. The number of hydrogen-bond acceptors (Lipinski definition) is 2. The highest BCUT2D eigenvalue weighted by Gasteiger charge is 2.00. The van der Waals surface area contributed by atoms with E-state index in [9.17, 15) is 4.79 Å². The number of benzene rings is 1. The smallest absolute Gasteiger partial charge is 0.364 e. The first-order valence-corrected chi connectivity index (χ1v) is 4.50. The number of amides is 1. The van der Waals surface area contributed by atoms with Crippen molar-refractivity contribution in [2.75, 3.05) is 0 Å². The maximum absolute atomic E-state index is 11.1. The van der Waals surface area contributed by atoms with E-state index >= 15 is 0 Å². The molecule has 0 aliphatic carbocycles. The fourth-order valence-electron chi connectivity index (χ4n) is 0.840. The van der Waals surface area contributed by atoms with E-state index in [1.165, 1.54) is 0 Å². The molecule has 0 saturated heterocycles. The minimum absolute atomic E-state index is 0.0776. The van der Waals surface area contributed by atoms with Crippen molar-refractivity contribution in [1.29, 1.82) is 5.26 Å². The van der Waals surface area contributed by atoms with Gasteiger partial charge in [-0.3, -0.25) is 4.79 Å². The van der Waals surface area contributed by atoms with Crippen LogP contribution in [-0.2, 0) is 0 Å². The number of carbonyl (C=O) groups is 1. The summed E-state index contributed by atoms with van der Waals surface area (Å²) < 4.78 is 2.64. The van der Waals surface area contributed by atoms with Crippen molar-refractivity contribution in [2.45, 2.75) is 0 Å². The van der Waals surface area contributed by atoms with Crippen LogP contribution in [0.2, 0.25) is 0 Å². The van der Waals surface area contributed by atoms with Gasteiger partial charge in [0.15, 0.2) is 0 Å². The van der Waals surface area contributed by atoms with E-state index in [0.717, 1.165) is 0 Å². The predicted octanol–water partition coefficient (Wildman–Crippen LogP) is -0.164. The summed E-state index contributed by atoms with van der Waals surface area (Å²) in [6.45, 7) is 0. The lowest BCUT2D eigenvalue weighted by Gasteiger charge is -1.98. The molecule has 0 atom stereocenters. The number of carbonyl (C=O) groups excluding carboxylic acids is 1. The summed E-state index contributed by atoms with van der Waals surface area (Å²) in [4.78, 5) is 11.1. The molecule has 4 heteroatoms. The Kier molecular flexibility index (Phi) is 2.88. The molecular weight excluding hydrogens is 167 g/mol. The Morgan fingerprint density at radius 2 is 2.00 bits per heavy atom. The monoisotopic (exact) mass is 174 g/mol. The van der Waals surface area contributed by atoms with Crippen LogP contribution >= 0.6 is 0 Å². The van der Waals surface area contributed by atoms with Gasteiger partial charge in [0.05, 0.1) is 11.6 Å². The summed E-state index contributed by atoms with van der Waals surface area (Å²) in [5.41, 5.74) is 1.17. The molecule has 0 bridgehead atoms. The summed E-state index contributed by atoms with van der Waals surface area (Å²) in [5.74, 6) is -0.0776. The van der Waals surface area contributed by atoms with E-state index in [4.69, 9.17) is 5.26 Å². The van der Waals surface area contributed by atoms with Crippen molar-refractivity contribution in [3.63, 3.8) is 0 Å². The summed E-state index contributed by atoms with van der Waals surface area (Å²) >= 11 is 0.642. The zero-order valence-corrected chi connectivity index (χ0v) is 8.66. The number of nitrogens with zero attached hydrogens (tertiary/aromatic N) is 1. The molecule has 1 amide bonds. The first-order valence-electron chi connectivity index (χ1n) is 3.50. The average Bonchev–Trinajstić information content (AvgIpc) is 2.17. The minimum atomic E-state index is -0.0776. The molecule has 0 unspecified atom stereocenters. The van der Waals surface area contributed by atoms with Gasteiger partial charge in [0, 0.05) is 5.56 Å². The molecular formula is C8H7AlN2O. The van der Waals surface area contributed by atoms with Gasteiger partial charge < -0.3 is 4.30 Å². The van der Waals surface area contributed by atoms with Gasteiger partial charge >= 0.3 is 16.5 Å². The maximum Gasteiger partial charge on any atom is 0.364 e. The van der Waals surface area contributed by atoms with E-state index in [1.807, 2.05) is 6.07 Å². The van der Waals surface area contributed by atoms with Crippen LogP contribution in [0, 0.1) is 11.3 Å². The molecule has 0 aromatic heterocycles. The largest absolute Gasteiger partial charge is 0.449 e. The third-order valence-corrected chi connectivity index (χ3v) is 1.96. The van der Waals surface area contributed by atoms with E-state index in [0.29, 0.717) is 27.6 Å². The lowest BCUT2D eigenvalue weighted by molar-refractivity contribution is 0.0981. The molecule has 0 heterocycles. The van der Waals surface area contributed by atoms with Gasteiger partial charge in [0.1, 0.15) is 0 Å². The Labute approximate surface area is 78.6 Å². The highest BCUT2D eigenvalue weighted by molar-refractivity contribution is 6.18. The highest BCUT2D eigenvalue weighted by Crippen LogP contribution is 2.02. The van der Waals surface area contributed by atoms with Crippen LogP contribution in [0.4, 0.5) is 0 Å². The van der Waals surface area contributed by atoms with Crippen LogP contribution in [0.25, 0.3) is 0 Å². The summed E-state index contributed by atoms with van der Waals surface area (Å²) in [7, 11) is 0. The molecule has 58 valence electrons. The van der Waals surface area contributed by atoms with Crippen LogP contribution in [-0.4, -0.2) is 22.4 Å². The van der Waals surface area contributed by atoms with E-state index in [2.05, 4.69) is 4.30 Å². The zero-order valence-electron chi connectivity index (χ0n) is 6.66. The van der Waals surface area contributed by atoms with Crippen LogP contribution in [0.3, 0.4) is 0 Å². The molecule has 0 fully saturated rings. The third-order valence-electron chi connectivity index (χ3n) is 1.50. The molecule has 0 radical (unpaired) electrons. The quantitative estimate of drug-likeness (QED) is 0.601. The molecule has 12 heavy (non-hydrogen) atoms. The molecule has 1 rings (SSSR count). The van der Waals surface area contributed by atoms with Crippen LogP contribution < -0.4 is 4.30 Å². The van der Waals surface area contributed by atoms with Crippen molar-refractivity contribution >= 4 is 22.4 Å². The average molecular weight is 174 g/mol. The van der Waals surface area contributed by atoms with Crippen molar-refractivity contribution in [1.82, 2.24) is 4.30 Å². The van der Waals surface area contributed by atoms with Crippen LogP contribution in [0.5, 0.6) is 0 Å². The first kappa shape index (κ1) is 8.81. The molecule has 0 spiro atoms. The van der Waals surface area contributed by atoms with Gasteiger partial charge in [0.25, 0.3) is 0 Å². The molecule has 0 aliphatic rings. The van der Waals surface area contributed by atoms with Crippen LogP contribution in [0.15, 0.2) is 24.3 Å². The Morgan fingerprint density at radius 1 is 1.42 bits per heavy atom. The second-order valence-corrected chi connectivity index (χ2v) is 2.77. The van der Waals surface area contributed by atoms with Gasteiger partial charge in [-0.25, -0.2) is 0 Å². The lowest BCUT2D eigenvalue weighted by atomic mass is 10.1. The molecule has 1 aromatic rings. The second kappa shape index (κ2) is 3.92. The number of hydrogen-bond donors (Lipinski definition) is 1. The zero-order chi connectivity index (χ0) is 8.97.